The number of anilines is 1. The van der Waals surface area contributed by atoms with Crippen LogP contribution in [0.4, 0.5) is 11.5 Å². The van der Waals surface area contributed by atoms with Gasteiger partial charge in [0.15, 0.2) is 5.82 Å². The molecule has 0 unspecified atom stereocenters. The summed E-state index contributed by atoms with van der Waals surface area (Å²) in [5.41, 5.74) is 0.739. The Labute approximate surface area is 134 Å². The lowest BCUT2D eigenvalue weighted by Crippen LogP contribution is -2.22. The van der Waals surface area contributed by atoms with E-state index in [9.17, 15) is 10.1 Å². The number of nitrogens with one attached hydrogen (secondary N) is 1. The van der Waals surface area contributed by atoms with E-state index in [1.165, 1.54) is 6.07 Å². The van der Waals surface area contributed by atoms with Crippen molar-refractivity contribution in [3.63, 3.8) is 0 Å². The summed E-state index contributed by atoms with van der Waals surface area (Å²) < 4.78 is 2.11. The van der Waals surface area contributed by atoms with Crippen LogP contribution in [0.15, 0.2) is 12.3 Å². The molecule has 3 heterocycles. The zero-order chi connectivity index (χ0) is 16.6. The van der Waals surface area contributed by atoms with Crippen molar-refractivity contribution in [3.05, 3.63) is 39.6 Å². The molecular weight excluding hydrogens is 296 g/mol. The van der Waals surface area contributed by atoms with E-state index in [2.05, 4.69) is 25.1 Å². The monoisotopic (exact) mass is 316 g/mol. The van der Waals surface area contributed by atoms with Gasteiger partial charge in [0.05, 0.1) is 11.0 Å². The van der Waals surface area contributed by atoms with Gasteiger partial charge in [0.25, 0.3) is 0 Å². The van der Waals surface area contributed by atoms with Gasteiger partial charge in [-0.25, -0.2) is 4.98 Å². The highest BCUT2D eigenvalue weighted by Crippen LogP contribution is 2.31. The van der Waals surface area contributed by atoms with Crippen molar-refractivity contribution < 1.29 is 4.92 Å². The zero-order valence-corrected chi connectivity index (χ0v) is 13.5. The Morgan fingerprint density at radius 1 is 1.39 bits per heavy atom. The molecule has 0 saturated carbocycles. The van der Waals surface area contributed by atoms with E-state index in [1.807, 2.05) is 13.8 Å². The Kier molecular flexibility index (Phi) is 3.97. The number of aryl methyl sites for hydroxylation is 2. The topological polar surface area (TPSA) is 98.8 Å². The van der Waals surface area contributed by atoms with Crippen molar-refractivity contribution in [2.45, 2.75) is 46.2 Å². The van der Waals surface area contributed by atoms with Crippen LogP contribution in [0.25, 0.3) is 0 Å². The van der Waals surface area contributed by atoms with Crippen LogP contribution in [0, 0.1) is 23.0 Å². The summed E-state index contributed by atoms with van der Waals surface area (Å²) in [7, 11) is 0. The Morgan fingerprint density at radius 3 is 2.87 bits per heavy atom. The molecule has 3 rings (SSSR count). The number of fused-ring (bicyclic) bond motifs is 1. The van der Waals surface area contributed by atoms with Gasteiger partial charge in [-0.2, -0.15) is 0 Å². The molecule has 1 N–H and O–H groups in total. The first-order valence-electron chi connectivity index (χ1n) is 7.77. The number of aromatic nitrogens is 4. The summed E-state index contributed by atoms with van der Waals surface area (Å²) >= 11 is 0. The maximum absolute atomic E-state index is 11.3. The van der Waals surface area contributed by atoms with E-state index >= 15 is 0 Å². The maximum atomic E-state index is 11.3. The van der Waals surface area contributed by atoms with E-state index in [1.54, 1.807) is 13.1 Å². The highest BCUT2D eigenvalue weighted by molar-refractivity contribution is 5.57. The Balaban J connectivity index is 1.96. The molecule has 0 aliphatic carbocycles. The molecule has 0 aromatic carbocycles. The van der Waals surface area contributed by atoms with Gasteiger partial charge in [0, 0.05) is 25.2 Å². The first-order chi connectivity index (χ1) is 11.0. The van der Waals surface area contributed by atoms with Gasteiger partial charge in [-0.1, -0.05) is 13.8 Å². The van der Waals surface area contributed by atoms with E-state index < -0.39 is 4.92 Å². The van der Waals surface area contributed by atoms with Crippen molar-refractivity contribution in [3.8, 4) is 0 Å². The van der Waals surface area contributed by atoms with Gasteiger partial charge >= 0.3 is 5.69 Å². The normalized spacial score (nSPS) is 14.8. The molecule has 0 fully saturated rings. The van der Waals surface area contributed by atoms with Crippen LogP contribution >= 0.6 is 0 Å². The van der Waals surface area contributed by atoms with Crippen LogP contribution in [0.5, 0.6) is 0 Å². The number of hydrogen-bond acceptors (Lipinski definition) is 6. The molecule has 1 atom stereocenters. The average Bonchev–Trinajstić information content (AvgIpc) is 3.09. The summed E-state index contributed by atoms with van der Waals surface area (Å²) in [6, 6.07) is 1.35. The SMILES string of the molecule is Cc1cnc(N[C@@H](c2nnc3n2CCC3)C(C)C)c([N+](=O)[O-])c1. The number of hydrogen-bond donors (Lipinski definition) is 1. The van der Waals surface area contributed by atoms with E-state index in [0.717, 1.165) is 36.6 Å². The lowest BCUT2D eigenvalue weighted by molar-refractivity contribution is -0.384. The largest absolute Gasteiger partial charge is 0.354 e. The third-order valence-corrected chi connectivity index (χ3v) is 4.08. The summed E-state index contributed by atoms with van der Waals surface area (Å²) in [6.45, 7) is 6.78. The third-order valence-electron chi connectivity index (χ3n) is 4.08. The predicted octanol–water partition coefficient (Wildman–Crippen LogP) is 2.65. The van der Waals surface area contributed by atoms with Gasteiger partial charge < -0.3 is 9.88 Å². The summed E-state index contributed by atoms with van der Waals surface area (Å²) in [5.74, 6) is 2.27. The molecule has 0 saturated heterocycles. The molecule has 0 radical (unpaired) electrons. The van der Waals surface area contributed by atoms with Gasteiger partial charge in [-0.15, -0.1) is 10.2 Å². The minimum Gasteiger partial charge on any atom is -0.354 e. The fraction of sp³-hybridized carbons (Fsp3) is 0.533. The summed E-state index contributed by atoms with van der Waals surface area (Å²) in [6.07, 6.45) is 3.62. The van der Waals surface area contributed by atoms with Crippen molar-refractivity contribution in [1.29, 1.82) is 0 Å². The first-order valence-corrected chi connectivity index (χ1v) is 7.77. The fourth-order valence-corrected chi connectivity index (χ4v) is 2.88. The second kappa shape index (κ2) is 5.94. The predicted molar refractivity (Wildman–Crippen MR) is 85.2 cm³/mol. The van der Waals surface area contributed by atoms with Gasteiger partial charge in [-0.05, 0) is 24.8 Å². The highest BCUT2D eigenvalue weighted by Gasteiger charge is 2.28. The number of nitrogens with zero attached hydrogens (tertiary/aromatic N) is 5. The second-order valence-corrected chi connectivity index (χ2v) is 6.23. The van der Waals surface area contributed by atoms with Crippen LogP contribution in [0.3, 0.4) is 0 Å². The van der Waals surface area contributed by atoms with Gasteiger partial charge in [0.2, 0.25) is 5.82 Å². The molecule has 1 aliphatic heterocycles. The average molecular weight is 316 g/mol. The van der Waals surface area contributed by atoms with Gasteiger partial charge in [0.1, 0.15) is 5.82 Å². The van der Waals surface area contributed by atoms with Gasteiger partial charge in [-0.3, -0.25) is 10.1 Å². The van der Waals surface area contributed by atoms with Crippen LogP contribution < -0.4 is 5.32 Å². The molecule has 8 nitrogen and oxygen atoms in total. The van der Waals surface area contributed by atoms with Crippen molar-refractivity contribution >= 4 is 11.5 Å². The Bertz CT molecular complexity index is 740. The molecule has 0 spiro atoms. The molecular formula is C15H20N6O2. The lowest BCUT2D eigenvalue weighted by atomic mass is 10.0. The minimum absolute atomic E-state index is 0.0168. The van der Waals surface area contributed by atoms with Crippen LogP contribution in [-0.4, -0.2) is 24.7 Å². The molecule has 122 valence electrons. The zero-order valence-electron chi connectivity index (χ0n) is 13.5. The molecule has 8 heteroatoms. The minimum atomic E-state index is -0.409. The lowest BCUT2D eigenvalue weighted by Gasteiger charge is -2.22. The summed E-state index contributed by atoms with van der Waals surface area (Å²) in [5, 5.41) is 23.0. The first kappa shape index (κ1) is 15.4. The highest BCUT2D eigenvalue weighted by atomic mass is 16.6. The molecule has 2 aromatic rings. The van der Waals surface area contributed by atoms with Crippen molar-refractivity contribution in [2.24, 2.45) is 5.92 Å². The summed E-state index contributed by atoms with van der Waals surface area (Å²) in [4.78, 5) is 15.1. The molecule has 23 heavy (non-hydrogen) atoms. The number of pyridine rings is 1. The van der Waals surface area contributed by atoms with Crippen molar-refractivity contribution in [2.75, 3.05) is 5.32 Å². The molecule has 0 bridgehead atoms. The molecule has 1 aliphatic rings. The standard InChI is InChI=1S/C15H20N6O2/c1-9(2)13(15-19-18-12-5-4-6-20(12)15)17-14-11(21(22)23)7-10(3)8-16-14/h7-9,13H,4-6H2,1-3H3,(H,16,17)/t13-/m1/s1. The van der Waals surface area contributed by atoms with Crippen molar-refractivity contribution in [1.82, 2.24) is 19.7 Å². The maximum Gasteiger partial charge on any atom is 0.311 e. The fourth-order valence-electron chi connectivity index (χ4n) is 2.88. The Morgan fingerprint density at radius 2 is 2.17 bits per heavy atom. The number of nitro groups is 1. The van der Waals surface area contributed by atoms with Crippen LogP contribution in [-0.2, 0) is 13.0 Å². The number of rotatable bonds is 5. The second-order valence-electron chi connectivity index (χ2n) is 6.23. The quantitative estimate of drug-likeness (QED) is 0.672. The van der Waals surface area contributed by atoms with Crippen LogP contribution in [0.1, 0.15) is 43.5 Å². The third kappa shape index (κ3) is 2.88. The van der Waals surface area contributed by atoms with E-state index in [-0.39, 0.29) is 23.5 Å². The van der Waals surface area contributed by atoms with Crippen LogP contribution in [0.2, 0.25) is 0 Å². The molecule has 0 amide bonds. The molecule has 2 aromatic heterocycles. The Hall–Kier alpha value is -2.51. The smallest absolute Gasteiger partial charge is 0.311 e. The van der Waals surface area contributed by atoms with E-state index in [0.29, 0.717) is 0 Å². The van der Waals surface area contributed by atoms with E-state index in [4.69, 9.17) is 0 Å².